The lowest BCUT2D eigenvalue weighted by atomic mass is 10.0. The summed E-state index contributed by atoms with van der Waals surface area (Å²) in [5.74, 6) is 0.747. The monoisotopic (exact) mass is 286 g/mol. The van der Waals surface area contributed by atoms with Gasteiger partial charge in [-0.2, -0.15) is 0 Å². The molecule has 2 aromatic rings. The summed E-state index contributed by atoms with van der Waals surface area (Å²) in [4.78, 5) is 22.2. The van der Waals surface area contributed by atoms with Crippen LogP contribution in [0.3, 0.4) is 0 Å². The van der Waals surface area contributed by atoms with Gasteiger partial charge >= 0.3 is 0 Å². The van der Waals surface area contributed by atoms with Crippen LogP contribution in [-0.4, -0.2) is 40.0 Å². The molecule has 1 saturated heterocycles. The Hall–Kier alpha value is -1.72. The highest BCUT2D eigenvalue weighted by Crippen LogP contribution is 2.19. The van der Waals surface area contributed by atoms with Crippen molar-refractivity contribution in [2.45, 2.75) is 32.9 Å². The number of aryl methyl sites for hydroxylation is 1. The van der Waals surface area contributed by atoms with E-state index in [2.05, 4.69) is 34.0 Å². The van der Waals surface area contributed by atoms with Gasteiger partial charge in [0.2, 0.25) is 0 Å². The van der Waals surface area contributed by atoms with Crippen molar-refractivity contribution in [2.75, 3.05) is 19.6 Å². The van der Waals surface area contributed by atoms with Crippen LogP contribution < -0.4 is 10.9 Å². The van der Waals surface area contributed by atoms with Crippen molar-refractivity contribution in [3.63, 3.8) is 0 Å². The fourth-order valence-electron chi connectivity index (χ4n) is 2.92. The van der Waals surface area contributed by atoms with Gasteiger partial charge in [0.25, 0.3) is 5.56 Å². The lowest BCUT2D eigenvalue weighted by Gasteiger charge is -2.42. The second-order valence-electron chi connectivity index (χ2n) is 6.39. The minimum Gasteiger partial charge on any atom is -0.314 e. The predicted octanol–water partition coefficient (Wildman–Crippen LogP) is 1.42. The van der Waals surface area contributed by atoms with E-state index < -0.39 is 0 Å². The fourth-order valence-corrected chi connectivity index (χ4v) is 2.92. The van der Waals surface area contributed by atoms with Crippen molar-refractivity contribution >= 4 is 10.9 Å². The Kier molecular flexibility index (Phi) is 3.55. The first-order chi connectivity index (χ1) is 9.97. The van der Waals surface area contributed by atoms with Gasteiger partial charge in [-0.25, -0.2) is 4.98 Å². The molecule has 0 radical (unpaired) electrons. The third-order valence-corrected chi connectivity index (χ3v) is 4.30. The molecule has 0 atom stereocenters. The second-order valence-corrected chi connectivity index (χ2v) is 6.39. The molecule has 1 aliphatic heterocycles. The van der Waals surface area contributed by atoms with Crippen LogP contribution in [0.5, 0.6) is 0 Å². The summed E-state index contributed by atoms with van der Waals surface area (Å²) in [5, 5.41) is 4.07. The highest BCUT2D eigenvalue weighted by atomic mass is 16.1. The van der Waals surface area contributed by atoms with E-state index >= 15 is 0 Å². The third-order valence-electron chi connectivity index (χ3n) is 4.30. The molecular formula is C16H22N4O. The molecular weight excluding hydrogens is 264 g/mol. The van der Waals surface area contributed by atoms with Gasteiger partial charge < -0.3 is 10.3 Å². The number of aromatic nitrogens is 2. The van der Waals surface area contributed by atoms with Gasteiger partial charge in [0.1, 0.15) is 5.82 Å². The average Bonchev–Trinajstić information content (AvgIpc) is 2.42. The van der Waals surface area contributed by atoms with Crippen molar-refractivity contribution in [3.8, 4) is 0 Å². The van der Waals surface area contributed by atoms with Gasteiger partial charge in [-0.15, -0.1) is 0 Å². The van der Waals surface area contributed by atoms with Crippen molar-refractivity contribution in [3.05, 3.63) is 39.9 Å². The molecule has 3 rings (SSSR count). The average molecular weight is 286 g/mol. The number of nitrogens with zero attached hydrogens (tertiary/aromatic N) is 2. The molecule has 2 heterocycles. The number of nitrogens with one attached hydrogen (secondary N) is 2. The molecule has 1 aliphatic rings. The molecule has 112 valence electrons. The van der Waals surface area contributed by atoms with E-state index in [1.54, 1.807) is 0 Å². The van der Waals surface area contributed by atoms with Crippen LogP contribution >= 0.6 is 0 Å². The van der Waals surface area contributed by atoms with E-state index in [0.717, 1.165) is 36.5 Å². The number of rotatable bonds is 2. The largest absolute Gasteiger partial charge is 0.314 e. The first-order valence-electron chi connectivity index (χ1n) is 7.42. The van der Waals surface area contributed by atoms with Crippen LogP contribution in [-0.2, 0) is 6.54 Å². The molecule has 0 unspecified atom stereocenters. The Bertz CT molecular complexity index is 720. The number of fused-ring (bicyclic) bond motifs is 1. The predicted molar refractivity (Wildman–Crippen MR) is 84.5 cm³/mol. The maximum Gasteiger partial charge on any atom is 0.258 e. The van der Waals surface area contributed by atoms with E-state index in [-0.39, 0.29) is 11.1 Å². The lowest BCUT2D eigenvalue weighted by molar-refractivity contribution is 0.0800. The topological polar surface area (TPSA) is 61.0 Å². The summed E-state index contributed by atoms with van der Waals surface area (Å²) in [7, 11) is 0. The lowest BCUT2D eigenvalue weighted by Crippen LogP contribution is -2.57. The maximum atomic E-state index is 12.2. The van der Waals surface area contributed by atoms with Crippen molar-refractivity contribution in [1.29, 1.82) is 0 Å². The van der Waals surface area contributed by atoms with Crippen molar-refractivity contribution < 1.29 is 0 Å². The summed E-state index contributed by atoms with van der Waals surface area (Å²) < 4.78 is 0. The molecule has 1 aromatic heterocycles. The zero-order valence-corrected chi connectivity index (χ0v) is 12.9. The first-order valence-corrected chi connectivity index (χ1v) is 7.42. The Morgan fingerprint density at radius 3 is 2.95 bits per heavy atom. The summed E-state index contributed by atoms with van der Waals surface area (Å²) in [6, 6.07) is 5.72. The zero-order valence-electron chi connectivity index (χ0n) is 12.9. The Labute approximate surface area is 124 Å². The second kappa shape index (κ2) is 5.24. The number of para-hydroxylation sites is 1. The number of piperazine rings is 1. The number of hydrogen-bond donors (Lipinski definition) is 2. The quantitative estimate of drug-likeness (QED) is 0.876. The van der Waals surface area contributed by atoms with Gasteiger partial charge in [-0.1, -0.05) is 12.1 Å². The summed E-state index contributed by atoms with van der Waals surface area (Å²) in [5.41, 5.74) is 1.87. The minimum atomic E-state index is -0.0494. The van der Waals surface area contributed by atoms with Gasteiger partial charge in [-0.05, 0) is 32.4 Å². The van der Waals surface area contributed by atoms with E-state index in [4.69, 9.17) is 0 Å². The Balaban J connectivity index is 1.98. The smallest absolute Gasteiger partial charge is 0.258 e. The summed E-state index contributed by atoms with van der Waals surface area (Å²) in [6.45, 7) is 9.97. The molecule has 0 amide bonds. The van der Waals surface area contributed by atoms with Gasteiger partial charge in [0.15, 0.2) is 0 Å². The number of aromatic amines is 1. The van der Waals surface area contributed by atoms with Gasteiger partial charge in [0.05, 0.1) is 17.4 Å². The molecule has 1 aromatic carbocycles. The Morgan fingerprint density at radius 1 is 1.38 bits per heavy atom. The SMILES string of the molecule is Cc1cccc2c(=O)[nH]c(CN3CCNCC3(C)C)nc12. The summed E-state index contributed by atoms with van der Waals surface area (Å²) in [6.07, 6.45) is 0. The highest BCUT2D eigenvalue weighted by molar-refractivity contribution is 5.80. The summed E-state index contributed by atoms with van der Waals surface area (Å²) >= 11 is 0. The van der Waals surface area contributed by atoms with Crippen LogP contribution in [0.4, 0.5) is 0 Å². The van der Waals surface area contributed by atoms with Crippen molar-refractivity contribution in [2.24, 2.45) is 0 Å². The molecule has 1 fully saturated rings. The molecule has 0 aliphatic carbocycles. The van der Waals surface area contributed by atoms with Crippen LogP contribution in [0.25, 0.3) is 10.9 Å². The van der Waals surface area contributed by atoms with Gasteiger partial charge in [-0.3, -0.25) is 9.69 Å². The molecule has 0 spiro atoms. The third kappa shape index (κ3) is 2.71. The molecule has 0 bridgehead atoms. The van der Waals surface area contributed by atoms with Gasteiger partial charge in [0, 0.05) is 25.2 Å². The Morgan fingerprint density at radius 2 is 2.19 bits per heavy atom. The maximum absolute atomic E-state index is 12.2. The van der Waals surface area contributed by atoms with Crippen LogP contribution in [0.15, 0.2) is 23.0 Å². The number of hydrogen-bond acceptors (Lipinski definition) is 4. The first kappa shape index (κ1) is 14.2. The van der Waals surface area contributed by atoms with E-state index in [1.807, 2.05) is 25.1 Å². The van der Waals surface area contributed by atoms with E-state index in [0.29, 0.717) is 11.9 Å². The highest BCUT2D eigenvalue weighted by Gasteiger charge is 2.29. The van der Waals surface area contributed by atoms with Crippen LogP contribution in [0.2, 0.25) is 0 Å². The van der Waals surface area contributed by atoms with E-state index in [9.17, 15) is 4.79 Å². The number of benzene rings is 1. The molecule has 21 heavy (non-hydrogen) atoms. The molecule has 5 nitrogen and oxygen atoms in total. The normalized spacial score (nSPS) is 19.0. The molecule has 5 heteroatoms. The number of H-pyrrole nitrogens is 1. The van der Waals surface area contributed by atoms with Crippen LogP contribution in [0, 0.1) is 6.92 Å². The zero-order chi connectivity index (χ0) is 15.0. The molecule has 2 N–H and O–H groups in total. The van der Waals surface area contributed by atoms with E-state index in [1.165, 1.54) is 0 Å². The van der Waals surface area contributed by atoms with Crippen LogP contribution in [0.1, 0.15) is 25.2 Å². The van der Waals surface area contributed by atoms with Crippen molar-refractivity contribution in [1.82, 2.24) is 20.2 Å². The fraction of sp³-hybridized carbons (Fsp3) is 0.500. The standard InChI is InChI=1S/C16H22N4O/c1-11-5-4-6-12-14(11)18-13(19-15(12)21)9-20-8-7-17-10-16(20,2)3/h4-6,17H,7-10H2,1-3H3,(H,18,19,21). The minimum absolute atomic E-state index is 0.0494. The molecule has 0 saturated carbocycles.